The van der Waals surface area contributed by atoms with Gasteiger partial charge in [-0.3, -0.25) is 9.59 Å². The lowest BCUT2D eigenvalue weighted by Gasteiger charge is -2.32. The van der Waals surface area contributed by atoms with Gasteiger partial charge in [0.15, 0.2) is 0 Å². The molecule has 0 unspecified atom stereocenters. The summed E-state index contributed by atoms with van der Waals surface area (Å²) < 4.78 is 32.0. The van der Waals surface area contributed by atoms with Crippen LogP contribution in [0, 0.1) is 0 Å². The maximum atomic E-state index is 12.4. The van der Waals surface area contributed by atoms with Gasteiger partial charge in [0.25, 0.3) is 0 Å². The minimum Gasteiger partial charge on any atom is -0.469 e. The number of likely N-dealkylation sites (tertiary alicyclic amines) is 1. The molecule has 144 valence electrons. The third kappa shape index (κ3) is 5.96. The molecule has 1 amide bonds. The highest BCUT2D eigenvalue weighted by atomic mass is 35.5. The molecule has 1 aliphatic heterocycles. The second kappa shape index (κ2) is 9.34. The number of hydrogen-bond donors (Lipinski definition) is 1. The van der Waals surface area contributed by atoms with E-state index in [9.17, 15) is 18.0 Å². The van der Waals surface area contributed by atoms with Crippen molar-refractivity contribution in [3.8, 4) is 0 Å². The van der Waals surface area contributed by atoms with Crippen molar-refractivity contribution >= 4 is 33.5 Å². The SMILES string of the molecule is COC(=O)CCCC(=O)N1CCC(NS(=O)(=O)c2ccc(Cl)cc2)CC1. The number of methoxy groups -OCH3 is 1. The van der Waals surface area contributed by atoms with Crippen LogP contribution in [0.15, 0.2) is 29.2 Å². The van der Waals surface area contributed by atoms with Gasteiger partial charge in [-0.05, 0) is 43.5 Å². The van der Waals surface area contributed by atoms with Crippen LogP contribution in [0.2, 0.25) is 5.02 Å². The maximum Gasteiger partial charge on any atom is 0.305 e. The molecule has 0 atom stereocenters. The molecule has 0 aromatic heterocycles. The molecule has 26 heavy (non-hydrogen) atoms. The van der Waals surface area contributed by atoms with Gasteiger partial charge in [0.2, 0.25) is 15.9 Å². The Morgan fingerprint density at radius 1 is 1.19 bits per heavy atom. The molecule has 7 nitrogen and oxygen atoms in total. The molecule has 1 fully saturated rings. The van der Waals surface area contributed by atoms with Crippen molar-refractivity contribution < 1.29 is 22.7 Å². The molecule has 1 aromatic rings. The van der Waals surface area contributed by atoms with Gasteiger partial charge < -0.3 is 9.64 Å². The van der Waals surface area contributed by atoms with Crippen LogP contribution in [0.1, 0.15) is 32.1 Å². The van der Waals surface area contributed by atoms with Crippen LogP contribution >= 0.6 is 11.6 Å². The predicted molar refractivity (Wildman–Crippen MR) is 97.2 cm³/mol. The average Bonchev–Trinajstić information content (AvgIpc) is 2.62. The Hall–Kier alpha value is -1.64. The van der Waals surface area contributed by atoms with E-state index in [4.69, 9.17) is 11.6 Å². The maximum absolute atomic E-state index is 12.4. The second-order valence-corrected chi connectivity index (χ2v) is 8.31. The lowest BCUT2D eigenvalue weighted by molar-refractivity contribution is -0.141. The monoisotopic (exact) mass is 402 g/mol. The minimum atomic E-state index is -3.60. The largest absolute Gasteiger partial charge is 0.469 e. The smallest absolute Gasteiger partial charge is 0.305 e. The molecule has 1 aromatic carbocycles. The first-order chi connectivity index (χ1) is 12.3. The summed E-state index contributed by atoms with van der Waals surface area (Å²) in [7, 11) is -2.29. The Balaban J connectivity index is 1.80. The lowest BCUT2D eigenvalue weighted by atomic mass is 10.1. The zero-order valence-electron chi connectivity index (χ0n) is 14.6. The number of rotatable bonds is 7. The van der Waals surface area contributed by atoms with Crippen molar-refractivity contribution in [1.82, 2.24) is 9.62 Å². The Labute approximate surface area is 158 Å². The highest BCUT2D eigenvalue weighted by Gasteiger charge is 2.26. The van der Waals surface area contributed by atoms with Crippen molar-refractivity contribution in [1.29, 1.82) is 0 Å². The fourth-order valence-corrected chi connectivity index (χ4v) is 4.22. The summed E-state index contributed by atoms with van der Waals surface area (Å²) in [5, 5.41) is 0.475. The highest BCUT2D eigenvalue weighted by Crippen LogP contribution is 2.18. The zero-order chi connectivity index (χ0) is 19.2. The minimum absolute atomic E-state index is 0.0205. The molecular weight excluding hydrogens is 380 g/mol. The van der Waals surface area contributed by atoms with Gasteiger partial charge in [0, 0.05) is 37.0 Å². The number of hydrogen-bond acceptors (Lipinski definition) is 5. The molecule has 1 saturated heterocycles. The molecule has 0 saturated carbocycles. The average molecular weight is 403 g/mol. The molecule has 2 rings (SSSR count). The fraction of sp³-hybridized carbons (Fsp3) is 0.529. The Morgan fingerprint density at radius 3 is 2.38 bits per heavy atom. The number of halogens is 1. The van der Waals surface area contributed by atoms with E-state index >= 15 is 0 Å². The molecule has 1 heterocycles. The van der Waals surface area contributed by atoms with E-state index in [0.29, 0.717) is 37.4 Å². The number of carbonyl (C=O) groups is 2. The van der Waals surface area contributed by atoms with Gasteiger partial charge in [-0.2, -0.15) is 0 Å². The second-order valence-electron chi connectivity index (χ2n) is 6.16. The summed E-state index contributed by atoms with van der Waals surface area (Å²) in [5.41, 5.74) is 0. The number of carbonyl (C=O) groups excluding carboxylic acids is 2. The van der Waals surface area contributed by atoms with Gasteiger partial charge in [0.05, 0.1) is 12.0 Å². The molecule has 0 spiro atoms. The summed E-state index contributed by atoms with van der Waals surface area (Å²) in [6.07, 6.45) is 2.07. The summed E-state index contributed by atoms with van der Waals surface area (Å²) in [5.74, 6) is -0.346. The fourth-order valence-electron chi connectivity index (χ4n) is 2.79. The molecule has 9 heteroatoms. The van der Waals surface area contributed by atoms with E-state index < -0.39 is 10.0 Å². The van der Waals surface area contributed by atoms with E-state index in [0.717, 1.165) is 0 Å². The van der Waals surface area contributed by atoms with E-state index in [1.807, 2.05) is 0 Å². The summed E-state index contributed by atoms with van der Waals surface area (Å²) in [4.78, 5) is 25.1. The summed E-state index contributed by atoms with van der Waals surface area (Å²) >= 11 is 5.78. The molecule has 0 bridgehead atoms. The van der Waals surface area contributed by atoms with Crippen LogP contribution in [-0.4, -0.2) is 51.4 Å². The first kappa shape index (κ1) is 20.7. The highest BCUT2D eigenvalue weighted by molar-refractivity contribution is 7.89. The molecule has 1 aliphatic rings. The first-order valence-corrected chi connectivity index (χ1v) is 10.3. The van der Waals surface area contributed by atoms with Crippen molar-refractivity contribution in [3.63, 3.8) is 0 Å². The topological polar surface area (TPSA) is 92.8 Å². The number of esters is 1. The van der Waals surface area contributed by atoms with E-state index in [1.54, 1.807) is 4.90 Å². The summed E-state index contributed by atoms with van der Waals surface area (Å²) in [6.45, 7) is 0.982. The number of amides is 1. The predicted octanol–water partition coefficient (Wildman–Crippen LogP) is 1.95. The van der Waals surface area contributed by atoms with Crippen molar-refractivity contribution in [2.75, 3.05) is 20.2 Å². The van der Waals surface area contributed by atoms with Gasteiger partial charge in [0.1, 0.15) is 0 Å². The van der Waals surface area contributed by atoms with Crippen LogP contribution in [0.5, 0.6) is 0 Å². The Bertz CT molecular complexity index is 728. The first-order valence-electron chi connectivity index (χ1n) is 8.44. The number of piperidine rings is 1. The molecule has 0 aliphatic carbocycles. The standard InChI is InChI=1S/C17H23ClN2O5S/c1-25-17(22)4-2-3-16(21)20-11-9-14(10-12-20)19-26(23,24)15-7-5-13(18)6-8-15/h5-8,14,19H,2-4,9-12H2,1H3. The van der Waals surface area contributed by atoms with Crippen LogP contribution in [0.4, 0.5) is 0 Å². The molecule has 0 radical (unpaired) electrons. The van der Waals surface area contributed by atoms with E-state index in [1.165, 1.54) is 31.4 Å². The quantitative estimate of drug-likeness (QED) is 0.703. The third-order valence-electron chi connectivity index (χ3n) is 4.29. The van der Waals surface area contributed by atoms with Crippen molar-refractivity contribution in [2.24, 2.45) is 0 Å². The molecule has 1 N–H and O–H groups in total. The van der Waals surface area contributed by atoms with E-state index in [2.05, 4.69) is 9.46 Å². The van der Waals surface area contributed by atoms with Gasteiger partial charge in [-0.1, -0.05) is 11.6 Å². The van der Waals surface area contributed by atoms with E-state index in [-0.39, 0.29) is 35.7 Å². The Kier molecular flexibility index (Phi) is 7.43. The van der Waals surface area contributed by atoms with Crippen LogP contribution in [-0.2, 0) is 24.3 Å². The number of nitrogens with one attached hydrogen (secondary N) is 1. The third-order valence-corrected chi connectivity index (χ3v) is 6.08. The van der Waals surface area contributed by atoms with Crippen LogP contribution < -0.4 is 4.72 Å². The van der Waals surface area contributed by atoms with Crippen LogP contribution in [0.3, 0.4) is 0 Å². The zero-order valence-corrected chi connectivity index (χ0v) is 16.2. The van der Waals surface area contributed by atoms with Gasteiger partial charge >= 0.3 is 5.97 Å². The number of sulfonamides is 1. The van der Waals surface area contributed by atoms with Crippen LogP contribution in [0.25, 0.3) is 0 Å². The number of benzene rings is 1. The van der Waals surface area contributed by atoms with Gasteiger partial charge in [-0.15, -0.1) is 0 Å². The molecular formula is C17H23ClN2O5S. The number of nitrogens with zero attached hydrogens (tertiary/aromatic N) is 1. The number of ether oxygens (including phenoxy) is 1. The lowest BCUT2D eigenvalue weighted by Crippen LogP contribution is -2.46. The Morgan fingerprint density at radius 2 is 1.81 bits per heavy atom. The van der Waals surface area contributed by atoms with Crippen molar-refractivity contribution in [2.45, 2.75) is 43.0 Å². The normalized spacial score (nSPS) is 15.7. The van der Waals surface area contributed by atoms with Gasteiger partial charge in [-0.25, -0.2) is 13.1 Å². The summed E-state index contributed by atoms with van der Waals surface area (Å²) in [6, 6.07) is 5.78. The van der Waals surface area contributed by atoms with Crippen molar-refractivity contribution in [3.05, 3.63) is 29.3 Å².